The number of carbonyl (C=O) groups excluding carboxylic acids is 2. The number of nitrogens with zero attached hydrogens (tertiary/aromatic N) is 1. The summed E-state index contributed by atoms with van der Waals surface area (Å²) in [7, 11) is 0. The third-order valence-corrected chi connectivity index (χ3v) is 4.73. The minimum atomic E-state index is -0.402. The number of aromatic amines is 1. The van der Waals surface area contributed by atoms with E-state index in [9.17, 15) is 14.0 Å². The number of urea groups is 1. The third-order valence-electron chi connectivity index (χ3n) is 4.73. The fourth-order valence-corrected chi connectivity index (χ4v) is 3.21. The number of anilines is 2. The van der Waals surface area contributed by atoms with E-state index in [0.29, 0.717) is 29.9 Å². The van der Waals surface area contributed by atoms with Crippen LogP contribution in [0.2, 0.25) is 0 Å². The minimum absolute atomic E-state index is 0.225. The molecule has 0 saturated carbocycles. The predicted octanol–water partition coefficient (Wildman–Crippen LogP) is 4.32. The zero-order valence-electron chi connectivity index (χ0n) is 16.5. The van der Waals surface area contributed by atoms with Crippen molar-refractivity contribution < 1.29 is 14.0 Å². The fraction of sp³-hybridized carbons (Fsp3) is 0.0870. The van der Waals surface area contributed by atoms with Gasteiger partial charge in [-0.3, -0.25) is 9.78 Å². The maximum atomic E-state index is 13.5. The summed E-state index contributed by atoms with van der Waals surface area (Å²) < 4.78 is 13.5. The second kappa shape index (κ2) is 9.08. The Morgan fingerprint density at radius 1 is 1.00 bits per heavy atom. The second-order valence-electron chi connectivity index (χ2n) is 6.91. The van der Waals surface area contributed by atoms with Gasteiger partial charge in [-0.1, -0.05) is 0 Å². The van der Waals surface area contributed by atoms with Gasteiger partial charge in [-0.25, -0.2) is 9.18 Å². The molecule has 156 valence electrons. The lowest BCUT2D eigenvalue weighted by molar-refractivity contribution is 0.0954. The van der Waals surface area contributed by atoms with Crippen molar-refractivity contribution in [2.45, 2.75) is 6.42 Å². The summed E-state index contributed by atoms with van der Waals surface area (Å²) >= 11 is 0. The van der Waals surface area contributed by atoms with E-state index in [1.54, 1.807) is 54.9 Å². The quantitative estimate of drug-likeness (QED) is 0.376. The number of carbonyl (C=O) groups is 2. The lowest BCUT2D eigenvalue weighted by Gasteiger charge is -2.09. The SMILES string of the molecule is O=C(Nc1ccc(C(=O)NCCc2c[nH]c3ccc(F)cc23)cc1)Nc1cccnc1. The Hall–Kier alpha value is -4.20. The molecule has 2 heterocycles. The molecule has 0 bridgehead atoms. The molecule has 2 aromatic heterocycles. The first-order valence-electron chi connectivity index (χ1n) is 9.70. The van der Waals surface area contributed by atoms with E-state index in [0.717, 1.165) is 16.5 Å². The molecule has 4 N–H and O–H groups in total. The Labute approximate surface area is 177 Å². The summed E-state index contributed by atoms with van der Waals surface area (Å²) in [6, 6.07) is 14.2. The van der Waals surface area contributed by atoms with E-state index >= 15 is 0 Å². The molecule has 0 aliphatic heterocycles. The molecule has 3 amide bonds. The number of pyridine rings is 1. The summed E-state index contributed by atoms with van der Waals surface area (Å²) in [4.78, 5) is 31.4. The molecule has 4 aromatic rings. The molecule has 0 aliphatic carbocycles. The van der Waals surface area contributed by atoms with Crippen molar-refractivity contribution in [1.29, 1.82) is 0 Å². The van der Waals surface area contributed by atoms with Crippen LogP contribution in [0.1, 0.15) is 15.9 Å². The van der Waals surface area contributed by atoms with E-state index in [4.69, 9.17) is 0 Å². The molecule has 0 aliphatic rings. The Morgan fingerprint density at radius 3 is 2.58 bits per heavy atom. The van der Waals surface area contributed by atoms with Gasteiger partial charge in [-0.2, -0.15) is 0 Å². The molecule has 7 nitrogen and oxygen atoms in total. The molecule has 31 heavy (non-hydrogen) atoms. The average molecular weight is 417 g/mol. The molecule has 0 radical (unpaired) electrons. The van der Waals surface area contributed by atoms with E-state index < -0.39 is 6.03 Å². The Morgan fingerprint density at radius 2 is 1.81 bits per heavy atom. The van der Waals surface area contributed by atoms with E-state index in [1.165, 1.54) is 12.1 Å². The normalized spacial score (nSPS) is 10.6. The van der Waals surface area contributed by atoms with Crippen LogP contribution in [-0.4, -0.2) is 28.5 Å². The first-order valence-corrected chi connectivity index (χ1v) is 9.70. The number of halogens is 1. The molecule has 0 saturated heterocycles. The first kappa shape index (κ1) is 20.1. The highest BCUT2D eigenvalue weighted by atomic mass is 19.1. The van der Waals surface area contributed by atoms with Crippen molar-refractivity contribution in [2.75, 3.05) is 17.2 Å². The molecular formula is C23H20FN5O2. The monoisotopic (exact) mass is 417 g/mol. The largest absolute Gasteiger partial charge is 0.361 e. The highest BCUT2D eigenvalue weighted by Gasteiger charge is 2.09. The van der Waals surface area contributed by atoms with Crippen LogP contribution in [0.25, 0.3) is 10.9 Å². The van der Waals surface area contributed by atoms with Crippen molar-refractivity contribution in [2.24, 2.45) is 0 Å². The molecule has 2 aromatic carbocycles. The van der Waals surface area contributed by atoms with Gasteiger partial charge in [0, 0.05) is 41.1 Å². The van der Waals surface area contributed by atoms with Crippen molar-refractivity contribution in [3.8, 4) is 0 Å². The van der Waals surface area contributed by atoms with E-state index in [2.05, 4.69) is 25.9 Å². The van der Waals surface area contributed by atoms with Crippen molar-refractivity contribution >= 4 is 34.2 Å². The van der Waals surface area contributed by atoms with Crippen LogP contribution >= 0.6 is 0 Å². The van der Waals surface area contributed by atoms with Gasteiger partial charge in [0.1, 0.15) is 5.82 Å². The third kappa shape index (κ3) is 5.05. The van der Waals surface area contributed by atoms with Gasteiger partial charge < -0.3 is 20.9 Å². The second-order valence-corrected chi connectivity index (χ2v) is 6.91. The first-order chi connectivity index (χ1) is 15.1. The van der Waals surface area contributed by atoms with Crippen LogP contribution in [0.3, 0.4) is 0 Å². The highest BCUT2D eigenvalue weighted by Crippen LogP contribution is 2.19. The van der Waals surface area contributed by atoms with Crippen LogP contribution in [0.5, 0.6) is 0 Å². The number of fused-ring (bicyclic) bond motifs is 1. The number of hydrogen-bond donors (Lipinski definition) is 4. The molecule has 0 unspecified atom stereocenters. The average Bonchev–Trinajstić information content (AvgIpc) is 3.17. The molecular weight excluding hydrogens is 397 g/mol. The maximum absolute atomic E-state index is 13.5. The number of rotatable bonds is 6. The lowest BCUT2D eigenvalue weighted by atomic mass is 10.1. The molecule has 0 atom stereocenters. The van der Waals surface area contributed by atoms with Crippen molar-refractivity contribution in [3.05, 3.63) is 90.1 Å². The number of amides is 3. The molecule has 0 fully saturated rings. The molecule has 4 rings (SSSR count). The number of benzene rings is 2. The summed E-state index contributed by atoms with van der Waals surface area (Å²) in [6.45, 7) is 0.413. The highest BCUT2D eigenvalue weighted by molar-refractivity contribution is 6.00. The minimum Gasteiger partial charge on any atom is -0.361 e. The number of H-pyrrole nitrogens is 1. The molecule has 0 spiro atoms. The predicted molar refractivity (Wildman–Crippen MR) is 118 cm³/mol. The zero-order valence-corrected chi connectivity index (χ0v) is 16.5. The number of aromatic nitrogens is 2. The molecule has 8 heteroatoms. The van der Waals surface area contributed by atoms with Crippen LogP contribution in [0, 0.1) is 5.82 Å². The number of nitrogens with one attached hydrogen (secondary N) is 4. The van der Waals surface area contributed by atoms with Gasteiger partial charge in [0.2, 0.25) is 0 Å². The van der Waals surface area contributed by atoms with Crippen molar-refractivity contribution in [3.63, 3.8) is 0 Å². The Bertz CT molecular complexity index is 1210. The lowest BCUT2D eigenvalue weighted by Crippen LogP contribution is -2.25. The van der Waals surface area contributed by atoms with Crippen LogP contribution in [0.15, 0.2) is 73.2 Å². The number of hydrogen-bond acceptors (Lipinski definition) is 3. The summed E-state index contributed by atoms with van der Waals surface area (Å²) in [6.07, 6.45) is 5.56. The van der Waals surface area contributed by atoms with Gasteiger partial charge in [-0.05, 0) is 66.6 Å². The fourth-order valence-electron chi connectivity index (χ4n) is 3.21. The van der Waals surface area contributed by atoms with Crippen LogP contribution in [0.4, 0.5) is 20.6 Å². The Balaban J connectivity index is 1.29. The van der Waals surface area contributed by atoms with Gasteiger partial charge in [-0.15, -0.1) is 0 Å². The van der Waals surface area contributed by atoms with E-state index in [-0.39, 0.29) is 11.7 Å². The zero-order chi connectivity index (χ0) is 21.6. The van der Waals surface area contributed by atoms with Gasteiger partial charge in [0.15, 0.2) is 0 Å². The van der Waals surface area contributed by atoms with Gasteiger partial charge in [0.25, 0.3) is 5.91 Å². The summed E-state index contributed by atoms with van der Waals surface area (Å²) in [5, 5.41) is 9.03. The van der Waals surface area contributed by atoms with Crippen molar-refractivity contribution in [1.82, 2.24) is 15.3 Å². The Kier molecular flexibility index (Phi) is 5.89. The van der Waals surface area contributed by atoms with Crippen LogP contribution in [-0.2, 0) is 6.42 Å². The van der Waals surface area contributed by atoms with Gasteiger partial charge >= 0.3 is 6.03 Å². The summed E-state index contributed by atoms with van der Waals surface area (Å²) in [5.74, 6) is -0.516. The van der Waals surface area contributed by atoms with E-state index in [1.807, 2.05) is 6.20 Å². The smallest absolute Gasteiger partial charge is 0.323 e. The summed E-state index contributed by atoms with van der Waals surface area (Å²) in [5.41, 5.74) is 3.41. The standard InChI is InChI=1S/C23H20FN5O2/c24-17-5-8-21-20(12-17)16(13-27-21)9-11-26-22(30)15-3-6-18(7-4-15)28-23(31)29-19-2-1-10-25-14-19/h1-8,10,12-14,27H,9,11H2,(H,26,30)(H2,28,29,31). The maximum Gasteiger partial charge on any atom is 0.323 e. The van der Waals surface area contributed by atoms with Crippen LogP contribution < -0.4 is 16.0 Å². The van der Waals surface area contributed by atoms with Gasteiger partial charge in [0.05, 0.1) is 11.9 Å². The topological polar surface area (TPSA) is 98.9 Å².